The van der Waals surface area contributed by atoms with Crippen LogP contribution in [0.1, 0.15) is 12.6 Å². The van der Waals surface area contributed by atoms with Crippen LogP contribution < -0.4 is 14.8 Å². The van der Waals surface area contributed by atoms with Crippen molar-refractivity contribution in [3.8, 4) is 11.5 Å². The highest BCUT2D eigenvalue weighted by Gasteiger charge is 2.20. The molecule has 1 N–H and O–H groups in total. The fraction of sp³-hybridized carbons (Fsp3) is 0.421. The van der Waals surface area contributed by atoms with Crippen molar-refractivity contribution in [2.75, 3.05) is 26.7 Å². The van der Waals surface area contributed by atoms with Crippen LogP contribution in [-0.2, 0) is 13.6 Å². The molecule has 1 aliphatic heterocycles. The molecule has 2 heterocycles. The van der Waals surface area contributed by atoms with E-state index in [9.17, 15) is 0 Å². The van der Waals surface area contributed by atoms with Gasteiger partial charge in [-0.15, -0.1) is 0 Å². The quantitative estimate of drug-likeness (QED) is 0.669. The molecule has 134 valence electrons. The Labute approximate surface area is 149 Å². The highest BCUT2D eigenvalue weighted by Crippen LogP contribution is 2.30. The zero-order valence-corrected chi connectivity index (χ0v) is 15.1. The van der Waals surface area contributed by atoms with Crippen molar-refractivity contribution in [3.05, 3.63) is 48.3 Å². The summed E-state index contributed by atoms with van der Waals surface area (Å²) >= 11 is 0. The van der Waals surface area contributed by atoms with Crippen LogP contribution in [-0.4, -0.2) is 48.3 Å². The van der Waals surface area contributed by atoms with Crippen molar-refractivity contribution >= 4 is 5.96 Å². The molecule has 1 unspecified atom stereocenters. The Hall–Kier alpha value is -2.63. The molecule has 0 aliphatic carbocycles. The van der Waals surface area contributed by atoms with Gasteiger partial charge in [0.05, 0.1) is 13.1 Å². The first-order valence-corrected chi connectivity index (χ1v) is 8.65. The lowest BCUT2D eigenvalue weighted by Crippen LogP contribution is -2.40. The average Bonchev–Trinajstić information content (AvgIpc) is 3.03. The van der Waals surface area contributed by atoms with Gasteiger partial charge >= 0.3 is 0 Å². The zero-order chi connectivity index (χ0) is 17.6. The van der Waals surface area contributed by atoms with Crippen molar-refractivity contribution in [3.63, 3.8) is 0 Å². The van der Waals surface area contributed by atoms with Gasteiger partial charge in [-0.1, -0.05) is 12.1 Å². The van der Waals surface area contributed by atoms with E-state index in [0.29, 0.717) is 13.2 Å². The fourth-order valence-corrected chi connectivity index (χ4v) is 2.79. The maximum absolute atomic E-state index is 5.98. The number of rotatable bonds is 5. The van der Waals surface area contributed by atoms with E-state index in [1.165, 1.54) is 5.69 Å². The van der Waals surface area contributed by atoms with Gasteiger partial charge in [-0.3, -0.25) is 0 Å². The second-order valence-electron chi connectivity index (χ2n) is 6.16. The van der Waals surface area contributed by atoms with Crippen LogP contribution in [0.25, 0.3) is 0 Å². The predicted molar refractivity (Wildman–Crippen MR) is 99.2 cm³/mol. The molecule has 0 amide bonds. The Morgan fingerprint density at radius 2 is 2.08 bits per heavy atom. The summed E-state index contributed by atoms with van der Waals surface area (Å²) in [6.45, 7) is 4.75. The van der Waals surface area contributed by atoms with E-state index in [2.05, 4.69) is 47.1 Å². The first-order valence-electron chi connectivity index (χ1n) is 8.65. The van der Waals surface area contributed by atoms with E-state index in [1.807, 2.05) is 31.3 Å². The summed E-state index contributed by atoms with van der Waals surface area (Å²) in [5.41, 5.74) is 1.24. The highest BCUT2D eigenvalue weighted by molar-refractivity contribution is 5.79. The number of aryl methyl sites for hydroxylation is 1. The summed E-state index contributed by atoms with van der Waals surface area (Å²) in [6.07, 6.45) is 1.98. The van der Waals surface area contributed by atoms with Crippen LogP contribution in [0, 0.1) is 0 Å². The number of aromatic nitrogens is 1. The Morgan fingerprint density at radius 1 is 1.28 bits per heavy atom. The zero-order valence-electron chi connectivity index (χ0n) is 15.1. The Bertz CT molecular complexity index is 726. The van der Waals surface area contributed by atoms with Crippen molar-refractivity contribution in [1.29, 1.82) is 0 Å². The Kier molecular flexibility index (Phi) is 5.48. The lowest BCUT2D eigenvalue weighted by molar-refractivity contribution is 0.0969. The van der Waals surface area contributed by atoms with E-state index < -0.39 is 0 Å². The van der Waals surface area contributed by atoms with Crippen LogP contribution in [0.4, 0.5) is 0 Å². The van der Waals surface area contributed by atoms with E-state index >= 15 is 0 Å². The van der Waals surface area contributed by atoms with Gasteiger partial charge in [-0.05, 0) is 31.2 Å². The topological polar surface area (TPSA) is 51.0 Å². The average molecular weight is 342 g/mol. The number of benzene rings is 1. The van der Waals surface area contributed by atoms with Crippen LogP contribution in [0.5, 0.6) is 11.5 Å². The molecule has 0 bridgehead atoms. The van der Waals surface area contributed by atoms with Gasteiger partial charge in [0.1, 0.15) is 6.61 Å². The largest absolute Gasteiger partial charge is 0.486 e. The monoisotopic (exact) mass is 342 g/mol. The molecular formula is C19H26N4O2. The second kappa shape index (κ2) is 7.96. The van der Waals surface area contributed by atoms with Gasteiger partial charge < -0.3 is 24.3 Å². The molecule has 1 aromatic carbocycles. The van der Waals surface area contributed by atoms with Crippen LogP contribution in [0.2, 0.25) is 0 Å². The molecule has 0 spiro atoms. The molecule has 0 saturated carbocycles. The molecule has 1 aliphatic rings. The lowest BCUT2D eigenvalue weighted by atomic mass is 10.2. The normalized spacial score (nSPS) is 16.6. The molecule has 1 aromatic heterocycles. The molecule has 6 nitrogen and oxygen atoms in total. The number of nitrogens with one attached hydrogen (secondary N) is 1. The van der Waals surface area contributed by atoms with E-state index in [0.717, 1.165) is 30.5 Å². The van der Waals surface area contributed by atoms with Crippen molar-refractivity contribution in [1.82, 2.24) is 14.8 Å². The summed E-state index contributed by atoms with van der Waals surface area (Å²) in [5, 5.41) is 3.34. The summed E-state index contributed by atoms with van der Waals surface area (Å²) in [5.74, 6) is 2.46. The van der Waals surface area contributed by atoms with Crippen molar-refractivity contribution in [2.45, 2.75) is 19.6 Å². The summed E-state index contributed by atoms with van der Waals surface area (Å²) in [4.78, 5) is 6.86. The predicted octanol–water partition coefficient (Wildman–Crippen LogP) is 2.26. The van der Waals surface area contributed by atoms with E-state index in [1.54, 1.807) is 0 Å². The molecule has 25 heavy (non-hydrogen) atoms. The molecular weight excluding hydrogens is 316 g/mol. The first kappa shape index (κ1) is 17.2. The number of fused-ring (bicyclic) bond motifs is 1. The first-order chi connectivity index (χ1) is 12.2. The fourth-order valence-electron chi connectivity index (χ4n) is 2.79. The van der Waals surface area contributed by atoms with E-state index in [4.69, 9.17) is 14.5 Å². The minimum absolute atomic E-state index is 0.0769. The third-order valence-corrected chi connectivity index (χ3v) is 4.16. The smallest absolute Gasteiger partial charge is 0.194 e. The minimum atomic E-state index is -0.0769. The summed E-state index contributed by atoms with van der Waals surface area (Å²) < 4.78 is 13.9. The van der Waals surface area contributed by atoms with Crippen molar-refractivity contribution < 1.29 is 9.47 Å². The molecule has 6 heteroatoms. The Balaban J connectivity index is 1.63. The molecule has 0 fully saturated rings. The highest BCUT2D eigenvalue weighted by atomic mass is 16.6. The summed E-state index contributed by atoms with van der Waals surface area (Å²) in [6, 6.07) is 11.9. The summed E-state index contributed by atoms with van der Waals surface area (Å²) in [7, 11) is 4.10. The SMILES string of the molecule is CCNC(=NCC1COc2ccccc2O1)N(C)Cc1cccn1C. The van der Waals surface area contributed by atoms with Gasteiger partial charge in [0.25, 0.3) is 0 Å². The van der Waals surface area contributed by atoms with Gasteiger partial charge in [0.2, 0.25) is 0 Å². The number of hydrogen-bond donors (Lipinski definition) is 1. The Morgan fingerprint density at radius 3 is 2.80 bits per heavy atom. The van der Waals surface area contributed by atoms with E-state index in [-0.39, 0.29) is 6.10 Å². The number of para-hydroxylation sites is 2. The number of nitrogens with zero attached hydrogens (tertiary/aromatic N) is 3. The van der Waals surface area contributed by atoms with Gasteiger partial charge in [-0.2, -0.15) is 0 Å². The number of hydrogen-bond acceptors (Lipinski definition) is 3. The molecule has 0 radical (unpaired) electrons. The van der Waals surface area contributed by atoms with Crippen LogP contribution in [0.3, 0.4) is 0 Å². The minimum Gasteiger partial charge on any atom is -0.486 e. The maximum atomic E-state index is 5.98. The van der Waals surface area contributed by atoms with Gasteiger partial charge in [0.15, 0.2) is 23.6 Å². The molecule has 0 saturated heterocycles. The standard InChI is InChI=1S/C19H26N4O2/c1-4-20-19(23(3)13-15-8-7-11-22(15)2)21-12-16-14-24-17-9-5-6-10-18(17)25-16/h5-11,16H,4,12-14H2,1-3H3,(H,20,21). The second-order valence-corrected chi connectivity index (χ2v) is 6.16. The van der Waals surface area contributed by atoms with Crippen molar-refractivity contribution in [2.24, 2.45) is 12.0 Å². The number of aliphatic imine (C=N–C) groups is 1. The maximum Gasteiger partial charge on any atom is 0.194 e. The number of guanidine groups is 1. The van der Waals surface area contributed by atoms with Crippen LogP contribution in [0.15, 0.2) is 47.6 Å². The number of ether oxygens (including phenoxy) is 2. The van der Waals surface area contributed by atoms with Crippen LogP contribution >= 0.6 is 0 Å². The third-order valence-electron chi connectivity index (χ3n) is 4.16. The third kappa shape index (κ3) is 4.26. The molecule has 3 rings (SSSR count). The van der Waals surface area contributed by atoms with Gasteiger partial charge in [-0.25, -0.2) is 4.99 Å². The molecule has 2 aromatic rings. The van der Waals surface area contributed by atoms with Gasteiger partial charge in [0, 0.05) is 32.5 Å². The molecule has 1 atom stereocenters. The lowest BCUT2D eigenvalue weighted by Gasteiger charge is -2.27.